The molecule has 0 aliphatic carbocycles. The largest absolute Gasteiger partial charge is 0.395 e. The van der Waals surface area contributed by atoms with Gasteiger partial charge in [0.25, 0.3) is 0 Å². The van der Waals surface area contributed by atoms with E-state index in [0.717, 1.165) is 55.6 Å². The summed E-state index contributed by atoms with van der Waals surface area (Å²) in [5.41, 5.74) is 0.0395. The van der Waals surface area contributed by atoms with Crippen molar-refractivity contribution in [3.8, 4) is 0 Å². The third-order valence-corrected chi connectivity index (χ3v) is 6.20. The molecule has 8 heteroatoms. The van der Waals surface area contributed by atoms with Crippen molar-refractivity contribution < 1.29 is 9.90 Å². The normalized spacial score (nSPS) is 27.0. The van der Waals surface area contributed by atoms with Gasteiger partial charge >= 0.3 is 0 Å². The van der Waals surface area contributed by atoms with Gasteiger partial charge in [-0.1, -0.05) is 0 Å². The lowest BCUT2D eigenvalue weighted by molar-refractivity contribution is -0.131. The predicted molar refractivity (Wildman–Crippen MR) is 92.8 cm³/mol. The lowest BCUT2D eigenvalue weighted by atomic mass is 9.86. The minimum atomic E-state index is 0.0388. The van der Waals surface area contributed by atoms with Crippen LogP contribution in [0, 0.1) is 6.92 Å². The van der Waals surface area contributed by atoms with Crippen molar-refractivity contribution in [2.75, 3.05) is 46.4 Å². The molecular weight excluding hydrogens is 326 g/mol. The highest BCUT2D eigenvalue weighted by atomic mass is 32.1. The first kappa shape index (κ1) is 17.7. The smallest absolute Gasteiger partial charge is 0.222 e. The molecule has 3 rings (SSSR count). The number of piperazine rings is 1. The third kappa shape index (κ3) is 3.77. The van der Waals surface area contributed by atoms with Crippen molar-refractivity contribution in [2.24, 2.45) is 0 Å². The summed E-state index contributed by atoms with van der Waals surface area (Å²) in [6, 6.07) is 0. The molecule has 134 valence electrons. The number of hydrogen-bond acceptors (Lipinski definition) is 7. The minimum Gasteiger partial charge on any atom is -0.395 e. The second-order valence-electron chi connectivity index (χ2n) is 6.93. The van der Waals surface area contributed by atoms with E-state index in [4.69, 9.17) is 5.11 Å². The Morgan fingerprint density at radius 1 is 1.25 bits per heavy atom. The predicted octanol–water partition coefficient (Wildman–Crippen LogP) is 0.338. The van der Waals surface area contributed by atoms with Crippen LogP contribution in [0.1, 0.15) is 29.3 Å². The molecule has 3 heterocycles. The molecule has 7 nitrogen and oxygen atoms in total. The molecule has 1 aromatic heterocycles. The van der Waals surface area contributed by atoms with Gasteiger partial charge in [0.2, 0.25) is 5.91 Å². The first-order valence-electron chi connectivity index (χ1n) is 8.64. The van der Waals surface area contributed by atoms with E-state index < -0.39 is 0 Å². The highest BCUT2D eigenvalue weighted by Crippen LogP contribution is 2.32. The molecule has 24 heavy (non-hydrogen) atoms. The summed E-state index contributed by atoms with van der Waals surface area (Å²) in [4.78, 5) is 19.0. The maximum Gasteiger partial charge on any atom is 0.222 e. The number of aliphatic hydroxyl groups is 1. The summed E-state index contributed by atoms with van der Waals surface area (Å²) in [5.74, 6) is 0.172. The maximum atomic E-state index is 12.3. The Hall–Kier alpha value is -1.09. The Kier molecular flexibility index (Phi) is 5.49. The van der Waals surface area contributed by atoms with Crippen LogP contribution in [0.3, 0.4) is 0 Å². The van der Waals surface area contributed by atoms with Crippen LogP contribution in [0.15, 0.2) is 0 Å². The van der Waals surface area contributed by atoms with E-state index in [1.807, 2.05) is 11.8 Å². The number of β-amino-alcohol motifs (C(OH)–C–C–N with tert-alkyl or cyclic N) is 1. The van der Waals surface area contributed by atoms with Gasteiger partial charge in [0.15, 0.2) is 0 Å². The summed E-state index contributed by atoms with van der Waals surface area (Å²) in [6.07, 6.45) is 2.41. The van der Waals surface area contributed by atoms with Gasteiger partial charge in [0.05, 0.1) is 13.2 Å². The minimum absolute atomic E-state index is 0.0388. The van der Waals surface area contributed by atoms with Crippen LogP contribution in [0.4, 0.5) is 0 Å². The fourth-order valence-corrected chi connectivity index (χ4v) is 4.61. The highest BCUT2D eigenvalue weighted by Gasteiger charge is 2.42. The third-order valence-electron chi connectivity index (χ3n) is 5.38. The van der Waals surface area contributed by atoms with Gasteiger partial charge in [0, 0.05) is 44.7 Å². The molecule has 2 fully saturated rings. The molecule has 1 N–H and O–H groups in total. The SMILES string of the molecule is Cc1nnc(CN2CCN(C)[C@@]3(CCC(=O)N(CCO)CC3)C2)s1. The van der Waals surface area contributed by atoms with E-state index >= 15 is 0 Å². The van der Waals surface area contributed by atoms with Gasteiger partial charge in [-0.05, 0) is 26.8 Å². The molecule has 2 aliphatic heterocycles. The number of hydrogen-bond donors (Lipinski definition) is 1. The van der Waals surface area contributed by atoms with Gasteiger partial charge < -0.3 is 10.0 Å². The second-order valence-corrected chi connectivity index (χ2v) is 8.19. The van der Waals surface area contributed by atoms with Crippen molar-refractivity contribution >= 4 is 17.2 Å². The second kappa shape index (κ2) is 7.43. The Morgan fingerprint density at radius 2 is 2.08 bits per heavy atom. The zero-order chi connectivity index (χ0) is 17.2. The van der Waals surface area contributed by atoms with Crippen molar-refractivity contribution in [3.05, 3.63) is 10.0 Å². The molecule has 1 amide bonds. The van der Waals surface area contributed by atoms with Crippen LogP contribution in [0.2, 0.25) is 0 Å². The standard InChI is InChI=1S/C16H27N5O2S/c1-13-17-18-14(24-13)11-20-8-7-19(2)16(12-20)4-3-15(23)21(6-5-16)9-10-22/h22H,3-12H2,1-2H3/t16-/m1/s1. The van der Waals surface area contributed by atoms with E-state index in [1.54, 1.807) is 11.3 Å². The van der Waals surface area contributed by atoms with Gasteiger partial charge in [-0.25, -0.2) is 0 Å². The zero-order valence-electron chi connectivity index (χ0n) is 14.6. The van der Waals surface area contributed by atoms with Gasteiger partial charge in [-0.2, -0.15) is 0 Å². The molecule has 0 aromatic carbocycles. The van der Waals surface area contributed by atoms with Crippen molar-refractivity contribution in [1.82, 2.24) is 24.9 Å². The van der Waals surface area contributed by atoms with Crippen molar-refractivity contribution in [3.63, 3.8) is 0 Å². The van der Waals surface area contributed by atoms with Crippen LogP contribution in [0.25, 0.3) is 0 Å². The summed E-state index contributed by atoms with van der Waals surface area (Å²) < 4.78 is 0. The molecule has 1 atom stereocenters. The number of aryl methyl sites for hydroxylation is 1. The fourth-order valence-electron chi connectivity index (χ4n) is 3.86. The molecule has 0 unspecified atom stereocenters. The summed E-state index contributed by atoms with van der Waals surface area (Å²) in [6.45, 7) is 7.03. The summed E-state index contributed by atoms with van der Waals surface area (Å²) >= 11 is 1.66. The molecular formula is C16H27N5O2S. The van der Waals surface area contributed by atoms with Crippen LogP contribution in [-0.4, -0.2) is 87.8 Å². The quantitative estimate of drug-likeness (QED) is 0.841. The van der Waals surface area contributed by atoms with E-state index in [9.17, 15) is 4.79 Å². The van der Waals surface area contributed by atoms with E-state index in [-0.39, 0.29) is 18.1 Å². The van der Waals surface area contributed by atoms with Crippen LogP contribution in [0.5, 0.6) is 0 Å². The molecule has 2 saturated heterocycles. The van der Waals surface area contributed by atoms with Crippen LogP contribution < -0.4 is 0 Å². The molecule has 2 aliphatic rings. The van der Waals surface area contributed by atoms with Gasteiger partial charge in [0.1, 0.15) is 10.0 Å². The number of rotatable bonds is 4. The first-order chi connectivity index (χ1) is 11.5. The maximum absolute atomic E-state index is 12.3. The average Bonchev–Trinajstić information content (AvgIpc) is 2.90. The Morgan fingerprint density at radius 3 is 2.79 bits per heavy atom. The topological polar surface area (TPSA) is 72.8 Å². The lowest BCUT2D eigenvalue weighted by Gasteiger charge is -2.49. The number of aromatic nitrogens is 2. The molecule has 0 saturated carbocycles. The Bertz CT molecular complexity index is 581. The fraction of sp³-hybridized carbons (Fsp3) is 0.812. The summed E-state index contributed by atoms with van der Waals surface area (Å²) in [5, 5.41) is 19.6. The van der Waals surface area contributed by atoms with E-state index in [0.29, 0.717) is 13.0 Å². The first-order valence-corrected chi connectivity index (χ1v) is 9.45. The van der Waals surface area contributed by atoms with Crippen molar-refractivity contribution in [2.45, 2.75) is 38.3 Å². The lowest BCUT2D eigenvalue weighted by Crippen LogP contribution is -2.60. The number of aliphatic hydroxyl groups excluding tert-OH is 1. The number of carbonyl (C=O) groups excluding carboxylic acids is 1. The van der Waals surface area contributed by atoms with Crippen LogP contribution >= 0.6 is 11.3 Å². The molecule has 1 spiro atoms. The number of likely N-dealkylation sites (N-methyl/N-ethyl adjacent to an activating group) is 1. The number of nitrogens with zero attached hydrogens (tertiary/aromatic N) is 5. The molecule has 1 aromatic rings. The average molecular weight is 353 g/mol. The van der Waals surface area contributed by atoms with Gasteiger partial charge in [-0.3, -0.25) is 14.6 Å². The zero-order valence-corrected chi connectivity index (χ0v) is 15.4. The molecule has 0 bridgehead atoms. The van der Waals surface area contributed by atoms with Crippen molar-refractivity contribution in [1.29, 1.82) is 0 Å². The van der Waals surface area contributed by atoms with E-state index in [2.05, 4.69) is 27.0 Å². The van der Waals surface area contributed by atoms with Gasteiger partial charge in [-0.15, -0.1) is 21.5 Å². The van der Waals surface area contributed by atoms with Crippen LogP contribution in [-0.2, 0) is 11.3 Å². The van der Waals surface area contributed by atoms with E-state index in [1.165, 1.54) is 0 Å². The summed E-state index contributed by atoms with van der Waals surface area (Å²) in [7, 11) is 2.18. The number of carbonyl (C=O) groups is 1. The monoisotopic (exact) mass is 353 g/mol. The number of likely N-dealkylation sites (tertiary alicyclic amines) is 1. The Balaban J connectivity index is 1.69. The Labute approximate surface area is 147 Å². The highest BCUT2D eigenvalue weighted by molar-refractivity contribution is 7.11. The molecule has 0 radical (unpaired) electrons. The number of amides is 1.